The highest BCUT2D eigenvalue weighted by molar-refractivity contribution is 9.10. The van der Waals surface area contributed by atoms with Crippen LogP contribution in [0.25, 0.3) is 0 Å². The van der Waals surface area contributed by atoms with Gasteiger partial charge < -0.3 is 5.21 Å². The highest BCUT2D eigenvalue weighted by Crippen LogP contribution is 2.24. The summed E-state index contributed by atoms with van der Waals surface area (Å²) >= 11 is 3.28. The lowest BCUT2D eigenvalue weighted by Crippen LogP contribution is -2.04. The maximum Gasteiger partial charge on any atom is 0.176 e. The number of halogens is 1. The van der Waals surface area contributed by atoms with E-state index in [0.29, 0.717) is 5.56 Å². The van der Waals surface area contributed by atoms with Crippen LogP contribution in [0.3, 0.4) is 0 Å². The fourth-order valence-electron chi connectivity index (χ4n) is 1.22. The molecule has 0 aliphatic carbocycles. The molecule has 82 valence electrons. The van der Waals surface area contributed by atoms with Crippen LogP contribution in [-0.2, 0) is 9.84 Å². The Balaban J connectivity index is 3.62. The molecule has 1 N–H and O–H groups in total. The predicted octanol–water partition coefficient (Wildman–Crippen LogP) is 1.97. The Labute approximate surface area is 96.7 Å². The molecule has 0 atom stereocenters. The second-order valence-corrected chi connectivity index (χ2v) is 5.94. The summed E-state index contributed by atoms with van der Waals surface area (Å²) in [5.74, 6) is 0. The molecule has 1 aromatic rings. The van der Waals surface area contributed by atoms with Gasteiger partial charge in [-0.3, -0.25) is 0 Å². The summed E-state index contributed by atoms with van der Waals surface area (Å²) in [6, 6.07) is 3.13. The molecule has 0 heterocycles. The first-order chi connectivity index (χ1) is 6.88. The zero-order chi connectivity index (χ0) is 11.6. The molecule has 0 unspecified atom stereocenters. The first-order valence-electron chi connectivity index (χ1n) is 4.04. The zero-order valence-corrected chi connectivity index (χ0v) is 10.6. The van der Waals surface area contributed by atoms with Gasteiger partial charge in [-0.25, -0.2) is 8.42 Å². The molecular formula is C9H10BrNO3S. The average Bonchev–Trinajstić information content (AvgIpc) is 2.11. The lowest BCUT2D eigenvalue weighted by molar-refractivity contribution is 0.321. The Bertz CT molecular complexity index is 508. The van der Waals surface area contributed by atoms with Crippen molar-refractivity contribution in [2.24, 2.45) is 5.16 Å². The van der Waals surface area contributed by atoms with Gasteiger partial charge in [-0.05, 0) is 24.6 Å². The first kappa shape index (κ1) is 12.2. The third-order valence-corrected chi connectivity index (χ3v) is 4.01. The standard InChI is InChI=1S/C9H10BrNO3S/c1-6-7(5-11-12)9(15(2,13)14)4-3-8(6)10/h3-5,12H,1-2H3/b11-5+. The molecule has 0 amide bonds. The molecule has 0 saturated carbocycles. The molecule has 4 nitrogen and oxygen atoms in total. The van der Waals surface area contributed by atoms with E-state index in [1.54, 1.807) is 13.0 Å². The summed E-state index contributed by atoms with van der Waals surface area (Å²) in [7, 11) is -3.32. The van der Waals surface area contributed by atoms with Gasteiger partial charge in [0.1, 0.15) is 0 Å². The minimum absolute atomic E-state index is 0.154. The number of rotatable bonds is 2. The summed E-state index contributed by atoms with van der Waals surface area (Å²) < 4.78 is 23.6. The Morgan fingerprint density at radius 1 is 1.47 bits per heavy atom. The molecule has 1 rings (SSSR count). The number of hydrogen-bond donors (Lipinski definition) is 1. The summed E-state index contributed by atoms with van der Waals surface area (Å²) in [6.45, 7) is 1.75. The number of benzene rings is 1. The van der Waals surface area contributed by atoms with Gasteiger partial charge in [0.15, 0.2) is 9.84 Å². The fraction of sp³-hybridized carbons (Fsp3) is 0.222. The molecule has 0 aliphatic rings. The van der Waals surface area contributed by atoms with Gasteiger partial charge in [0.05, 0.1) is 11.1 Å². The molecule has 15 heavy (non-hydrogen) atoms. The highest BCUT2D eigenvalue weighted by Gasteiger charge is 2.15. The van der Waals surface area contributed by atoms with Gasteiger partial charge in [-0.2, -0.15) is 0 Å². The lowest BCUT2D eigenvalue weighted by atomic mass is 10.1. The first-order valence-corrected chi connectivity index (χ1v) is 6.73. The van der Waals surface area contributed by atoms with Crippen LogP contribution in [-0.4, -0.2) is 26.1 Å². The second kappa shape index (κ2) is 4.32. The molecule has 0 aliphatic heterocycles. The van der Waals surface area contributed by atoms with Crippen molar-refractivity contribution in [3.8, 4) is 0 Å². The van der Waals surface area contributed by atoms with Gasteiger partial charge >= 0.3 is 0 Å². The predicted molar refractivity (Wildman–Crippen MR) is 61.4 cm³/mol. The van der Waals surface area contributed by atoms with E-state index >= 15 is 0 Å². The molecule has 1 aromatic carbocycles. The third-order valence-electron chi connectivity index (χ3n) is 2.00. The summed E-state index contributed by atoms with van der Waals surface area (Å²) in [6.07, 6.45) is 2.24. The smallest absolute Gasteiger partial charge is 0.176 e. The van der Waals surface area contributed by atoms with Crippen molar-refractivity contribution in [2.75, 3.05) is 6.26 Å². The van der Waals surface area contributed by atoms with Crippen molar-refractivity contribution >= 4 is 32.0 Å². The summed E-state index contributed by atoms with van der Waals surface area (Å²) in [5.41, 5.74) is 1.12. The highest BCUT2D eigenvalue weighted by atomic mass is 79.9. The normalized spacial score (nSPS) is 12.2. The Hall–Kier alpha value is -0.880. The summed E-state index contributed by atoms with van der Waals surface area (Å²) in [4.78, 5) is 0.154. The van der Waals surface area contributed by atoms with E-state index in [1.165, 1.54) is 6.07 Å². The van der Waals surface area contributed by atoms with Crippen LogP contribution in [0.1, 0.15) is 11.1 Å². The van der Waals surface area contributed by atoms with Crippen LogP contribution in [0.5, 0.6) is 0 Å². The van der Waals surface area contributed by atoms with Crippen molar-refractivity contribution in [3.05, 3.63) is 27.7 Å². The van der Waals surface area contributed by atoms with Gasteiger partial charge in [0.2, 0.25) is 0 Å². The van der Waals surface area contributed by atoms with E-state index in [-0.39, 0.29) is 4.90 Å². The third kappa shape index (κ3) is 2.57. The minimum atomic E-state index is -3.32. The van der Waals surface area contributed by atoms with E-state index in [4.69, 9.17) is 5.21 Å². The maximum atomic E-state index is 11.4. The molecule has 0 bridgehead atoms. The van der Waals surface area contributed by atoms with Gasteiger partial charge in [0, 0.05) is 16.3 Å². The Morgan fingerprint density at radius 2 is 2.07 bits per heavy atom. The summed E-state index contributed by atoms with van der Waals surface area (Å²) in [5, 5.41) is 11.4. The second-order valence-electron chi connectivity index (χ2n) is 3.10. The van der Waals surface area contributed by atoms with Crippen LogP contribution < -0.4 is 0 Å². The van der Waals surface area contributed by atoms with E-state index in [0.717, 1.165) is 22.5 Å². The van der Waals surface area contributed by atoms with Crippen molar-refractivity contribution < 1.29 is 13.6 Å². The minimum Gasteiger partial charge on any atom is -0.411 e. The largest absolute Gasteiger partial charge is 0.411 e. The monoisotopic (exact) mass is 291 g/mol. The van der Waals surface area contributed by atoms with Gasteiger partial charge in [0.25, 0.3) is 0 Å². The molecule has 0 spiro atoms. The SMILES string of the molecule is Cc1c(Br)ccc(S(C)(=O)=O)c1/C=N/O. The van der Waals surface area contributed by atoms with Crippen molar-refractivity contribution in [1.29, 1.82) is 0 Å². The van der Waals surface area contributed by atoms with E-state index in [1.807, 2.05) is 0 Å². The van der Waals surface area contributed by atoms with Gasteiger partial charge in [-0.15, -0.1) is 0 Å². The number of hydrogen-bond acceptors (Lipinski definition) is 4. The van der Waals surface area contributed by atoms with Crippen LogP contribution in [0.15, 0.2) is 26.7 Å². The van der Waals surface area contributed by atoms with Gasteiger partial charge in [-0.1, -0.05) is 21.1 Å². The van der Waals surface area contributed by atoms with Crippen molar-refractivity contribution in [1.82, 2.24) is 0 Å². The van der Waals surface area contributed by atoms with Crippen LogP contribution in [0, 0.1) is 6.92 Å². The molecule has 0 aromatic heterocycles. The van der Waals surface area contributed by atoms with E-state index < -0.39 is 9.84 Å². The van der Waals surface area contributed by atoms with Crippen LogP contribution in [0.2, 0.25) is 0 Å². The van der Waals surface area contributed by atoms with Crippen LogP contribution >= 0.6 is 15.9 Å². The lowest BCUT2D eigenvalue weighted by Gasteiger charge is -2.08. The fourth-order valence-corrected chi connectivity index (χ4v) is 2.48. The zero-order valence-electron chi connectivity index (χ0n) is 8.23. The molecule has 6 heteroatoms. The topological polar surface area (TPSA) is 66.7 Å². The molecule has 0 radical (unpaired) electrons. The van der Waals surface area contributed by atoms with Crippen molar-refractivity contribution in [3.63, 3.8) is 0 Å². The Kier molecular flexibility index (Phi) is 3.51. The van der Waals surface area contributed by atoms with E-state index in [9.17, 15) is 8.42 Å². The molecule has 0 saturated heterocycles. The Morgan fingerprint density at radius 3 is 2.53 bits per heavy atom. The number of nitrogens with zero attached hydrogens (tertiary/aromatic N) is 1. The average molecular weight is 292 g/mol. The molecular weight excluding hydrogens is 282 g/mol. The molecule has 0 fully saturated rings. The maximum absolute atomic E-state index is 11.4. The quantitative estimate of drug-likeness (QED) is 0.515. The van der Waals surface area contributed by atoms with E-state index in [2.05, 4.69) is 21.1 Å². The number of sulfone groups is 1. The van der Waals surface area contributed by atoms with Crippen LogP contribution in [0.4, 0.5) is 0 Å². The van der Waals surface area contributed by atoms with Crippen molar-refractivity contribution in [2.45, 2.75) is 11.8 Å². The number of oxime groups is 1.